The molecule has 3 aromatic carbocycles. The SMILES string of the molecule is COc1cc2c(cc1OC)CN(/C(=C\[N+](=O)[O-])NC1CCCCC1)C(Cc1cccc3ccccc13)C2. The maximum Gasteiger partial charge on any atom is 0.274 e. The molecule has 7 nitrogen and oxygen atoms in total. The zero-order valence-corrected chi connectivity index (χ0v) is 21.6. The minimum absolute atomic E-state index is 0.0405. The van der Waals surface area contributed by atoms with Gasteiger partial charge in [-0.2, -0.15) is 0 Å². The molecule has 0 spiro atoms. The first-order valence-corrected chi connectivity index (χ1v) is 13.1. The maximum atomic E-state index is 11.8. The molecule has 1 aliphatic carbocycles. The summed E-state index contributed by atoms with van der Waals surface area (Å²) in [5.74, 6) is 1.98. The molecule has 1 fully saturated rings. The van der Waals surface area contributed by atoms with Crippen LogP contribution < -0.4 is 14.8 Å². The lowest BCUT2D eigenvalue weighted by molar-refractivity contribution is -0.405. The van der Waals surface area contributed by atoms with Gasteiger partial charge in [0.2, 0.25) is 0 Å². The Balaban J connectivity index is 1.55. The summed E-state index contributed by atoms with van der Waals surface area (Å²) in [7, 11) is 3.29. The molecule has 5 rings (SSSR count). The predicted octanol–water partition coefficient (Wildman–Crippen LogP) is 5.82. The van der Waals surface area contributed by atoms with Crippen molar-refractivity contribution in [2.24, 2.45) is 0 Å². The van der Waals surface area contributed by atoms with E-state index in [0.717, 1.165) is 50.3 Å². The predicted molar refractivity (Wildman–Crippen MR) is 145 cm³/mol. The summed E-state index contributed by atoms with van der Waals surface area (Å²) in [5.41, 5.74) is 3.54. The summed E-state index contributed by atoms with van der Waals surface area (Å²) in [6.45, 7) is 0.560. The molecule has 1 atom stereocenters. The topological polar surface area (TPSA) is 76.9 Å². The van der Waals surface area contributed by atoms with E-state index in [2.05, 4.69) is 58.7 Å². The van der Waals surface area contributed by atoms with Crippen LogP contribution in [0.4, 0.5) is 0 Å². The average molecular weight is 502 g/mol. The van der Waals surface area contributed by atoms with Crippen LogP contribution in [0.25, 0.3) is 10.8 Å². The minimum atomic E-state index is -0.329. The van der Waals surface area contributed by atoms with Gasteiger partial charge in [-0.15, -0.1) is 0 Å². The Morgan fingerprint density at radius 1 is 1.03 bits per heavy atom. The molecule has 1 heterocycles. The van der Waals surface area contributed by atoms with Crippen LogP contribution in [0.1, 0.15) is 48.8 Å². The number of fused-ring (bicyclic) bond motifs is 2. The summed E-state index contributed by atoms with van der Waals surface area (Å²) >= 11 is 0. The lowest BCUT2D eigenvalue weighted by Crippen LogP contribution is -2.47. The fourth-order valence-electron chi connectivity index (χ4n) is 5.92. The highest BCUT2D eigenvalue weighted by Gasteiger charge is 2.32. The number of methoxy groups -OCH3 is 2. The summed E-state index contributed by atoms with van der Waals surface area (Å²) in [6.07, 6.45) is 8.31. The van der Waals surface area contributed by atoms with Crippen molar-refractivity contribution in [1.82, 2.24) is 10.2 Å². The van der Waals surface area contributed by atoms with Crippen LogP contribution in [0.2, 0.25) is 0 Å². The van der Waals surface area contributed by atoms with Crippen molar-refractivity contribution in [3.05, 3.63) is 93.4 Å². The number of nitrogens with one attached hydrogen (secondary N) is 1. The molecule has 1 aliphatic heterocycles. The van der Waals surface area contributed by atoms with Crippen LogP contribution >= 0.6 is 0 Å². The van der Waals surface area contributed by atoms with Crippen molar-refractivity contribution >= 4 is 10.8 Å². The molecule has 3 aromatic rings. The third-order valence-electron chi connectivity index (χ3n) is 7.77. The summed E-state index contributed by atoms with van der Waals surface area (Å²) in [5, 5.41) is 17.8. The minimum Gasteiger partial charge on any atom is -0.493 e. The third kappa shape index (κ3) is 5.50. The number of benzene rings is 3. The molecule has 0 bridgehead atoms. The van der Waals surface area contributed by atoms with Crippen molar-refractivity contribution in [3.63, 3.8) is 0 Å². The zero-order valence-electron chi connectivity index (χ0n) is 21.6. The van der Waals surface area contributed by atoms with Crippen molar-refractivity contribution in [2.75, 3.05) is 14.2 Å². The highest BCUT2D eigenvalue weighted by Crippen LogP contribution is 2.37. The number of nitrogens with zero attached hydrogens (tertiary/aromatic N) is 2. The van der Waals surface area contributed by atoms with E-state index in [9.17, 15) is 10.1 Å². The van der Waals surface area contributed by atoms with Crippen LogP contribution in [-0.4, -0.2) is 36.1 Å². The smallest absolute Gasteiger partial charge is 0.274 e. The molecular formula is C30H35N3O4. The van der Waals surface area contributed by atoms with E-state index in [-0.39, 0.29) is 17.0 Å². The van der Waals surface area contributed by atoms with Gasteiger partial charge in [0, 0.05) is 18.6 Å². The van der Waals surface area contributed by atoms with Gasteiger partial charge in [-0.3, -0.25) is 10.1 Å². The van der Waals surface area contributed by atoms with E-state index in [1.807, 2.05) is 6.07 Å². The van der Waals surface area contributed by atoms with Gasteiger partial charge in [-0.25, -0.2) is 0 Å². The van der Waals surface area contributed by atoms with Gasteiger partial charge in [0.1, 0.15) is 0 Å². The Morgan fingerprint density at radius 3 is 2.46 bits per heavy atom. The lowest BCUT2D eigenvalue weighted by atomic mass is 9.88. The molecule has 194 valence electrons. The van der Waals surface area contributed by atoms with E-state index < -0.39 is 0 Å². The van der Waals surface area contributed by atoms with Crippen LogP contribution in [0, 0.1) is 10.1 Å². The Kier molecular flexibility index (Phi) is 7.49. The molecule has 0 aromatic heterocycles. The molecule has 0 amide bonds. The number of ether oxygens (including phenoxy) is 2. The van der Waals surface area contributed by atoms with E-state index >= 15 is 0 Å². The standard InChI is InChI=1S/C30H35N3O4/c1-36-28-17-23-16-26(15-22-11-8-10-21-9-6-7-14-27(21)22)32(19-24(23)18-29(28)37-2)30(20-33(34)35)31-25-12-4-3-5-13-25/h6-11,14,17-18,20,25-26,31H,3-5,12-13,15-16,19H2,1-2H3/b30-20-. The van der Waals surface area contributed by atoms with E-state index in [4.69, 9.17) is 9.47 Å². The van der Waals surface area contributed by atoms with Gasteiger partial charge >= 0.3 is 0 Å². The second-order valence-corrected chi connectivity index (χ2v) is 10.1. The molecule has 7 heteroatoms. The van der Waals surface area contributed by atoms with Crippen molar-refractivity contribution in [3.8, 4) is 11.5 Å². The largest absolute Gasteiger partial charge is 0.493 e. The van der Waals surface area contributed by atoms with Gasteiger partial charge in [-0.05, 0) is 65.3 Å². The van der Waals surface area contributed by atoms with Gasteiger partial charge in [-0.1, -0.05) is 61.7 Å². The first-order chi connectivity index (χ1) is 18.1. The maximum absolute atomic E-state index is 11.8. The Hall–Kier alpha value is -3.74. The quantitative estimate of drug-likeness (QED) is 0.309. The summed E-state index contributed by atoms with van der Waals surface area (Å²) in [4.78, 5) is 13.7. The van der Waals surface area contributed by atoms with Crippen LogP contribution in [-0.2, 0) is 19.4 Å². The first kappa shape index (κ1) is 24.9. The van der Waals surface area contributed by atoms with Crippen LogP contribution in [0.5, 0.6) is 11.5 Å². The van der Waals surface area contributed by atoms with Crippen LogP contribution in [0.3, 0.4) is 0 Å². The Labute approximate surface area is 218 Å². The van der Waals surface area contributed by atoms with E-state index in [1.165, 1.54) is 28.3 Å². The molecule has 0 saturated heterocycles. The molecular weight excluding hydrogens is 466 g/mol. The van der Waals surface area contributed by atoms with Crippen molar-refractivity contribution in [1.29, 1.82) is 0 Å². The van der Waals surface area contributed by atoms with Gasteiger partial charge in [0.05, 0.1) is 19.1 Å². The van der Waals surface area contributed by atoms with Crippen molar-refractivity contribution < 1.29 is 14.4 Å². The average Bonchev–Trinajstić information content (AvgIpc) is 2.92. The number of rotatable bonds is 8. The van der Waals surface area contributed by atoms with Crippen molar-refractivity contribution in [2.45, 2.75) is 63.6 Å². The second-order valence-electron chi connectivity index (χ2n) is 10.1. The monoisotopic (exact) mass is 501 g/mol. The molecule has 2 aliphatic rings. The number of hydrogen-bond acceptors (Lipinski definition) is 6. The Morgan fingerprint density at radius 2 is 1.73 bits per heavy atom. The fourth-order valence-corrected chi connectivity index (χ4v) is 5.92. The third-order valence-corrected chi connectivity index (χ3v) is 7.77. The highest BCUT2D eigenvalue weighted by atomic mass is 16.6. The van der Waals surface area contributed by atoms with E-state index in [0.29, 0.717) is 23.9 Å². The molecule has 1 unspecified atom stereocenters. The summed E-state index contributed by atoms with van der Waals surface area (Å²) in [6, 6.07) is 19.2. The number of hydrogen-bond donors (Lipinski definition) is 1. The first-order valence-electron chi connectivity index (χ1n) is 13.1. The second kappa shape index (κ2) is 11.1. The Bertz CT molecular complexity index is 1290. The van der Waals surface area contributed by atoms with Gasteiger partial charge < -0.3 is 19.7 Å². The van der Waals surface area contributed by atoms with Gasteiger partial charge in [0.25, 0.3) is 6.20 Å². The zero-order chi connectivity index (χ0) is 25.8. The highest BCUT2D eigenvalue weighted by molar-refractivity contribution is 5.85. The molecule has 1 N–H and O–H groups in total. The fraction of sp³-hybridized carbons (Fsp3) is 0.400. The molecule has 0 radical (unpaired) electrons. The van der Waals surface area contributed by atoms with Gasteiger partial charge in [0.15, 0.2) is 17.3 Å². The number of nitro groups is 1. The van der Waals surface area contributed by atoms with E-state index in [1.54, 1.807) is 14.2 Å². The normalized spacial score (nSPS) is 18.4. The van der Waals surface area contributed by atoms with Crippen LogP contribution in [0.15, 0.2) is 66.6 Å². The summed E-state index contributed by atoms with van der Waals surface area (Å²) < 4.78 is 11.2. The molecule has 1 saturated carbocycles. The molecule has 37 heavy (non-hydrogen) atoms. The lowest BCUT2D eigenvalue weighted by Gasteiger charge is -2.41.